The van der Waals surface area contributed by atoms with E-state index in [-0.39, 0.29) is 0 Å². The number of hydrogen-bond donors (Lipinski definition) is 1. The van der Waals surface area contributed by atoms with Crippen LogP contribution in [0.2, 0.25) is 0 Å². The summed E-state index contributed by atoms with van der Waals surface area (Å²) >= 11 is 0. The Balaban J connectivity index is 1.73. The van der Waals surface area contributed by atoms with Crippen LogP contribution in [-0.2, 0) is 19.4 Å². The zero-order valence-electron chi connectivity index (χ0n) is 10.6. The van der Waals surface area contributed by atoms with Gasteiger partial charge >= 0.3 is 0 Å². The molecule has 1 unspecified atom stereocenters. The summed E-state index contributed by atoms with van der Waals surface area (Å²) in [6.07, 6.45) is 4.90. The molecule has 94 valence electrons. The van der Waals surface area contributed by atoms with Crippen molar-refractivity contribution in [3.05, 3.63) is 42.0 Å². The van der Waals surface area contributed by atoms with Gasteiger partial charge in [0.05, 0.1) is 0 Å². The molecule has 1 aromatic carbocycles. The fraction of sp³-hybridized carbons (Fsp3) is 0.429. The highest BCUT2D eigenvalue weighted by atomic mass is 15.3. The zero-order valence-corrected chi connectivity index (χ0v) is 10.6. The molecule has 0 saturated carbocycles. The van der Waals surface area contributed by atoms with Gasteiger partial charge < -0.3 is 5.32 Å². The minimum absolute atomic E-state index is 0.467. The lowest BCUT2D eigenvalue weighted by Gasteiger charge is -2.26. The Bertz CT molecular complexity index is 532. The molecule has 2 aromatic rings. The van der Waals surface area contributed by atoms with Gasteiger partial charge in [0.15, 0.2) is 0 Å². The molecule has 0 saturated heterocycles. The van der Waals surface area contributed by atoms with Crippen LogP contribution in [0.1, 0.15) is 24.7 Å². The van der Waals surface area contributed by atoms with E-state index in [9.17, 15) is 0 Å². The van der Waals surface area contributed by atoms with Gasteiger partial charge in [0.2, 0.25) is 0 Å². The Morgan fingerprint density at radius 1 is 1.39 bits per heavy atom. The van der Waals surface area contributed by atoms with Crippen LogP contribution in [0.3, 0.4) is 0 Å². The third-order valence-electron chi connectivity index (χ3n) is 3.56. The molecule has 2 heterocycles. The van der Waals surface area contributed by atoms with Gasteiger partial charge in [-0.15, -0.1) is 0 Å². The molecule has 1 aliphatic heterocycles. The van der Waals surface area contributed by atoms with E-state index >= 15 is 0 Å². The number of aromatic nitrogens is 3. The van der Waals surface area contributed by atoms with Gasteiger partial charge in [-0.25, -0.2) is 4.98 Å². The van der Waals surface area contributed by atoms with Crippen LogP contribution in [-0.4, -0.2) is 20.8 Å². The lowest BCUT2D eigenvalue weighted by molar-refractivity contribution is 0.558. The van der Waals surface area contributed by atoms with Crippen LogP contribution in [0.15, 0.2) is 30.6 Å². The Kier molecular flexibility index (Phi) is 3.00. The summed E-state index contributed by atoms with van der Waals surface area (Å²) in [6, 6.07) is 9.02. The van der Waals surface area contributed by atoms with E-state index in [4.69, 9.17) is 0 Å². The van der Waals surface area contributed by atoms with Gasteiger partial charge in [0, 0.05) is 24.7 Å². The fourth-order valence-electron chi connectivity index (χ4n) is 2.58. The molecule has 0 aliphatic carbocycles. The highest BCUT2D eigenvalue weighted by Gasteiger charge is 2.19. The first-order chi connectivity index (χ1) is 8.86. The van der Waals surface area contributed by atoms with Gasteiger partial charge in [-0.2, -0.15) is 5.10 Å². The summed E-state index contributed by atoms with van der Waals surface area (Å²) < 4.78 is 1.97. The Morgan fingerprint density at radius 2 is 2.28 bits per heavy atom. The highest BCUT2D eigenvalue weighted by molar-refractivity contribution is 5.53. The van der Waals surface area contributed by atoms with Crippen LogP contribution in [0.5, 0.6) is 0 Å². The molecule has 1 aromatic heterocycles. The third-order valence-corrected chi connectivity index (χ3v) is 3.56. The van der Waals surface area contributed by atoms with E-state index in [2.05, 4.69) is 46.6 Å². The molecule has 4 nitrogen and oxygen atoms in total. The summed E-state index contributed by atoms with van der Waals surface area (Å²) in [5.74, 6) is 1.08. The number of benzene rings is 1. The van der Waals surface area contributed by atoms with E-state index in [1.54, 1.807) is 6.33 Å². The van der Waals surface area contributed by atoms with Gasteiger partial charge in [-0.05, 0) is 31.4 Å². The van der Waals surface area contributed by atoms with Crippen LogP contribution < -0.4 is 5.32 Å². The van der Waals surface area contributed by atoms with Crippen LogP contribution in [0, 0.1) is 0 Å². The Morgan fingerprint density at radius 3 is 3.17 bits per heavy atom. The maximum absolute atomic E-state index is 4.35. The minimum Gasteiger partial charge on any atom is -0.382 e. The Hall–Kier alpha value is -1.84. The molecule has 0 spiro atoms. The third kappa shape index (κ3) is 2.10. The van der Waals surface area contributed by atoms with Gasteiger partial charge in [0.25, 0.3) is 0 Å². The first kappa shape index (κ1) is 11.3. The molecule has 3 rings (SSSR count). The van der Waals surface area contributed by atoms with Crippen molar-refractivity contribution in [2.75, 3.05) is 5.32 Å². The quantitative estimate of drug-likeness (QED) is 0.897. The van der Waals surface area contributed by atoms with Crippen LogP contribution in [0.4, 0.5) is 5.69 Å². The Labute approximate surface area is 107 Å². The second-order valence-corrected chi connectivity index (χ2v) is 4.73. The van der Waals surface area contributed by atoms with Crippen molar-refractivity contribution in [3.8, 4) is 0 Å². The largest absolute Gasteiger partial charge is 0.382 e. The molecule has 0 radical (unpaired) electrons. The van der Waals surface area contributed by atoms with Crippen LogP contribution >= 0.6 is 0 Å². The fourth-order valence-corrected chi connectivity index (χ4v) is 2.58. The van der Waals surface area contributed by atoms with E-state index in [1.165, 1.54) is 11.3 Å². The summed E-state index contributed by atoms with van der Waals surface area (Å²) in [7, 11) is 0. The molecule has 18 heavy (non-hydrogen) atoms. The van der Waals surface area contributed by atoms with E-state index < -0.39 is 0 Å². The predicted molar refractivity (Wildman–Crippen MR) is 71.6 cm³/mol. The standard InChI is InChI=1S/C14H18N4/c1-2-18-14(15-10-16-18)9-12-8-7-11-5-3-4-6-13(11)17-12/h3-6,10,12,17H,2,7-9H2,1H3. The SMILES string of the molecule is CCn1ncnc1CC1CCc2ccccc2N1. The van der Waals surface area contributed by atoms with Gasteiger partial charge in [-0.3, -0.25) is 4.68 Å². The molecule has 1 aliphatic rings. The second-order valence-electron chi connectivity index (χ2n) is 4.73. The molecule has 0 bridgehead atoms. The normalized spacial score (nSPS) is 18.2. The maximum atomic E-state index is 4.35. The smallest absolute Gasteiger partial charge is 0.138 e. The van der Waals surface area contributed by atoms with Crippen LogP contribution in [0.25, 0.3) is 0 Å². The lowest BCUT2D eigenvalue weighted by Crippen LogP contribution is -2.28. The molecule has 1 N–H and O–H groups in total. The minimum atomic E-state index is 0.467. The molecule has 1 atom stereocenters. The number of nitrogens with one attached hydrogen (secondary N) is 1. The number of anilines is 1. The summed E-state index contributed by atoms with van der Waals surface area (Å²) in [5.41, 5.74) is 2.70. The highest BCUT2D eigenvalue weighted by Crippen LogP contribution is 2.25. The number of fused-ring (bicyclic) bond motifs is 1. The van der Waals surface area contributed by atoms with Crippen molar-refractivity contribution in [3.63, 3.8) is 0 Å². The van der Waals surface area contributed by atoms with E-state index in [1.807, 2.05) is 4.68 Å². The average Bonchev–Trinajstić information content (AvgIpc) is 2.86. The monoisotopic (exact) mass is 242 g/mol. The second kappa shape index (κ2) is 4.80. The molecular formula is C14H18N4. The van der Waals surface area contributed by atoms with Crippen molar-refractivity contribution < 1.29 is 0 Å². The number of nitrogens with zero attached hydrogens (tertiary/aromatic N) is 3. The topological polar surface area (TPSA) is 42.7 Å². The number of aryl methyl sites for hydroxylation is 2. The van der Waals surface area contributed by atoms with Crippen molar-refractivity contribution in [1.29, 1.82) is 0 Å². The molecular weight excluding hydrogens is 224 g/mol. The number of rotatable bonds is 3. The lowest BCUT2D eigenvalue weighted by atomic mass is 9.96. The van der Waals surface area contributed by atoms with Gasteiger partial charge in [0.1, 0.15) is 12.2 Å². The van der Waals surface area contributed by atoms with E-state index in [0.717, 1.165) is 31.6 Å². The first-order valence-electron chi connectivity index (χ1n) is 6.58. The maximum Gasteiger partial charge on any atom is 0.138 e. The summed E-state index contributed by atoms with van der Waals surface area (Å²) in [6.45, 7) is 2.99. The van der Waals surface area contributed by atoms with Crippen molar-refractivity contribution >= 4 is 5.69 Å². The average molecular weight is 242 g/mol. The van der Waals surface area contributed by atoms with E-state index in [0.29, 0.717) is 6.04 Å². The summed E-state index contributed by atoms with van der Waals surface area (Å²) in [5, 5.41) is 7.83. The predicted octanol–water partition coefficient (Wildman–Crippen LogP) is 2.27. The number of para-hydroxylation sites is 1. The summed E-state index contributed by atoms with van der Waals surface area (Å²) in [4.78, 5) is 4.35. The van der Waals surface area contributed by atoms with Crippen molar-refractivity contribution in [2.45, 2.75) is 38.8 Å². The zero-order chi connectivity index (χ0) is 12.4. The molecule has 0 fully saturated rings. The molecule has 0 amide bonds. The van der Waals surface area contributed by atoms with Crippen molar-refractivity contribution in [2.24, 2.45) is 0 Å². The number of hydrogen-bond acceptors (Lipinski definition) is 3. The van der Waals surface area contributed by atoms with Gasteiger partial charge in [-0.1, -0.05) is 18.2 Å². The molecule has 4 heteroatoms. The first-order valence-corrected chi connectivity index (χ1v) is 6.58. The van der Waals surface area contributed by atoms with Crippen molar-refractivity contribution in [1.82, 2.24) is 14.8 Å².